The molecule has 0 aromatic heterocycles. The lowest BCUT2D eigenvalue weighted by atomic mass is 10.1. The number of nitrogens with one attached hydrogen (secondary N) is 2. The average Bonchev–Trinajstić information content (AvgIpc) is 2.45. The number of carbonyl (C=O) groups is 1. The Morgan fingerprint density at radius 2 is 1.85 bits per heavy atom. The van der Waals surface area contributed by atoms with Crippen molar-refractivity contribution < 1.29 is 4.79 Å². The van der Waals surface area contributed by atoms with Crippen LogP contribution in [0.25, 0.3) is 0 Å². The highest BCUT2D eigenvalue weighted by Gasteiger charge is 2.04. The molecule has 0 saturated heterocycles. The van der Waals surface area contributed by atoms with E-state index in [4.69, 9.17) is 5.73 Å². The molecule has 20 heavy (non-hydrogen) atoms. The molecule has 4 heteroatoms. The lowest BCUT2D eigenvalue weighted by Crippen LogP contribution is -2.28. The van der Waals surface area contributed by atoms with Crippen LogP contribution in [0.5, 0.6) is 0 Å². The van der Waals surface area contributed by atoms with Gasteiger partial charge in [-0.05, 0) is 35.7 Å². The zero-order valence-corrected chi connectivity index (χ0v) is 11.5. The number of urea groups is 1. The molecule has 2 amide bonds. The fourth-order valence-electron chi connectivity index (χ4n) is 2.04. The maximum Gasteiger partial charge on any atom is 0.319 e. The zero-order chi connectivity index (χ0) is 14.4. The Bertz CT molecular complexity index is 596. The van der Waals surface area contributed by atoms with Crippen molar-refractivity contribution in [2.75, 3.05) is 11.1 Å². The molecule has 0 aliphatic carbocycles. The van der Waals surface area contributed by atoms with Crippen LogP contribution in [0.15, 0.2) is 48.5 Å². The summed E-state index contributed by atoms with van der Waals surface area (Å²) in [5.41, 5.74) is 9.36. The summed E-state index contributed by atoms with van der Waals surface area (Å²) in [6, 6.07) is 15.0. The van der Waals surface area contributed by atoms with Gasteiger partial charge in [0.1, 0.15) is 0 Å². The standard InChI is InChI=1S/C16H19N3O/c1-2-12-6-3-4-7-13(12)11-18-16(20)19-15-9-5-8-14(17)10-15/h3-10H,2,11,17H2,1H3,(H2,18,19,20). The third kappa shape index (κ3) is 3.75. The number of aryl methyl sites for hydroxylation is 1. The third-order valence-corrected chi connectivity index (χ3v) is 3.08. The van der Waals surface area contributed by atoms with E-state index >= 15 is 0 Å². The Morgan fingerprint density at radius 3 is 2.55 bits per heavy atom. The first-order valence-corrected chi connectivity index (χ1v) is 6.66. The molecule has 0 atom stereocenters. The van der Waals surface area contributed by atoms with Gasteiger partial charge in [0.15, 0.2) is 0 Å². The topological polar surface area (TPSA) is 67.2 Å². The molecular formula is C16H19N3O. The number of amides is 2. The molecule has 2 aromatic carbocycles. The van der Waals surface area contributed by atoms with Crippen LogP contribution in [0.3, 0.4) is 0 Å². The SMILES string of the molecule is CCc1ccccc1CNC(=O)Nc1cccc(N)c1. The molecule has 0 radical (unpaired) electrons. The van der Waals surface area contributed by atoms with E-state index in [1.807, 2.05) is 18.2 Å². The van der Waals surface area contributed by atoms with Gasteiger partial charge in [-0.25, -0.2) is 4.79 Å². The second-order valence-electron chi connectivity index (χ2n) is 4.56. The van der Waals surface area contributed by atoms with Crippen molar-refractivity contribution in [1.82, 2.24) is 5.32 Å². The van der Waals surface area contributed by atoms with Crippen molar-refractivity contribution in [2.24, 2.45) is 0 Å². The number of benzene rings is 2. The van der Waals surface area contributed by atoms with Gasteiger partial charge in [0, 0.05) is 17.9 Å². The molecule has 104 valence electrons. The number of carbonyl (C=O) groups excluding carboxylic acids is 1. The van der Waals surface area contributed by atoms with Crippen LogP contribution in [-0.4, -0.2) is 6.03 Å². The summed E-state index contributed by atoms with van der Waals surface area (Å²) in [4.78, 5) is 11.8. The van der Waals surface area contributed by atoms with E-state index in [9.17, 15) is 4.79 Å². The van der Waals surface area contributed by atoms with Gasteiger partial charge in [0.25, 0.3) is 0 Å². The van der Waals surface area contributed by atoms with Gasteiger partial charge in [-0.3, -0.25) is 0 Å². The Morgan fingerprint density at radius 1 is 1.10 bits per heavy atom. The molecule has 2 aromatic rings. The normalized spacial score (nSPS) is 10.1. The van der Waals surface area contributed by atoms with Gasteiger partial charge in [-0.2, -0.15) is 0 Å². The van der Waals surface area contributed by atoms with Gasteiger partial charge in [0.05, 0.1) is 0 Å². The van der Waals surface area contributed by atoms with Crippen LogP contribution in [0.1, 0.15) is 18.1 Å². The lowest BCUT2D eigenvalue weighted by molar-refractivity contribution is 0.251. The summed E-state index contributed by atoms with van der Waals surface area (Å²) in [5, 5.41) is 5.61. The average molecular weight is 269 g/mol. The second-order valence-corrected chi connectivity index (χ2v) is 4.56. The number of hydrogen-bond donors (Lipinski definition) is 3. The molecule has 0 bridgehead atoms. The summed E-state index contributed by atoms with van der Waals surface area (Å²) in [7, 11) is 0. The highest BCUT2D eigenvalue weighted by Crippen LogP contribution is 2.12. The molecule has 0 aliphatic rings. The number of nitrogen functional groups attached to an aromatic ring is 1. The van der Waals surface area contributed by atoms with E-state index in [1.165, 1.54) is 5.56 Å². The first-order chi connectivity index (χ1) is 9.69. The van der Waals surface area contributed by atoms with Crippen molar-refractivity contribution in [3.05, 3.63) is 59.7 Å². The first-order valence-electron chi connectivity index (χ1n) is 6.66. The molecule has 0 saturated carbocycles. The number of nitrogens with two attached hydrogens (primary N) is 1. The molecule has 4 nitrogen and oxygen atoms in total. The van der Waals surface area contributed by atoms with E-state index in [0.29, 0.717) is 17.9 Å². The monoisotopic (exact) mass is 269 g/mol. The van der Waals surface area contributed by atoms with Crippen molar-refractivity contribution >= 4 is 17.4 Å². The predicted molar refractivity (Wildman–Crippen MR) is 82.5 cm³/mol. The summed E-state index contributed by atoms with van der Waals surface area (Å²) in [5.74, 6) is 0. The molecule has 0 fully saturated rings. The largest absolute Gasteiger partial charge is 0.399 e. The summed E-state index contributed by atoms with van der Waals surface area (Å²) >= 11 is 0. The summed E-state index contributed by atoms with van der Waals surface area (Å²) in [6.07, 6.45) is 0.953. The first kappa shape index (κ1) is 13.9. The number of hydrogen-bond acceptors (Lipinski definition) is 2. The minimum Gasteiger partial charge on any atom is -0.399 e. The van der Waals surface area contributed by atoms with E-state index in [-0.39, 0.29) is 6.03 Å². The smallest absolute Gasteiger partial charge is 0.319 e. The minimum absolute atomic E-state index is 0.235. The van der Waals surface area contributed by atoms with Crippen LogP contribution in [0.2, 0.25) is 0 Å². The van der Waals surface area contributed by atoms with Crippen LogP contribution in [-0.2, 0) is 13.0 Å². The Hall–Kier alpha value is -2.49. The van der Waals surface area contributed by atoms with E-state index < -0.39 is 0 Å². The quantitative estimate of drug-likeness (QED) is 0.746. The van der Waals surface area contributed by atoms with Crippen LogP contribution in [0.4, 0.5) is 16.2 Å². The van der Waals surface area contributed by atoms with E-state index in [2.05, 4.69) is 23.6 Å². The molecule has 2 rings (SSSR count). The molecule has 0 heterocycles. The Labute approximate surface area is 119 Å². The molecule has 4 N–H and O–H groups in total. The Balaban J connectivity index is 1.92. The summed E-state index contributed by atoms with van der Waals surface area (Å²) < 4.78 is 0. The maximum absolute atomic E-state index is 11.8. The third-order valence-electron chi connectivity index (χ3n) is 3.08. The van der Waals surface area contributed by atoms with Crippen molar-refractivity contribution in [3.8, 4) is 0 Å². The Kier molecular flexibility index (Phi) is 4.60. The molecular weight excluding hydrogens is 250 g/mol. The fraction of sp³-hybridized carbons (Fsp3) is 0.188. The zero-order valence-electron chi connectivity index (χ0n) is 11.5. The van der Waals surface area contributed by atoms with Gasteiger partial charge in [0.2, 0.25) is 0 Å². The van der Waals surface area contributed by atoms with Crippen molar-refractivity contribution in [2.45, 2.75) is 19.9 Å². The highest BCUT2D eigenvalue weighted by atomic mass is 16.2. The number of rotatable bonds is 4. The van der Waals surface area contributed by atoms with Crippen LogP contribution in [0, 0.1) is 0 Å². The van der Waals surface area contributed by atoms with Gasteiger partial charge in [-0.15, -0.1) is 0 Å². The minimum atomic E-state index is -0.235. The lowest BCUT2D eigenvalue weighted by Gasteiger charge is -2.10. The molecule has 0 spiro atoms. The van der Waals surface area contributed by atoms with Crippen LogP contribution >= 0.6 is 0 Å². The van der Waals surface area contributed by atoms with Gasteiger partial charge in [-0.1, -0.05) is 37.3 Å². The fourth-order valence-corrected chi connectivity index (χ4v) is 2.04. The van der Waals surface area contributed by atoms with Crippen molar-refractivity contribution in [3.63, 3.8) is 0 Å². The number of anilines is 2. The van der Waals surface area contributed by atoms with Crippen molar-refractivity contribution in [1.29, 1.82) is 0 Å². The molecule has 0 unspecified atom stereocenters. The maximum atomic E-state index is 11.8. The molecule has 0 aliphatic heterocycles. The van der Waals surface area contributed by atoms with Gasteiger partial charge < -0.3 is 16.4 Å². The predicted octanol–water partition coefficient (Wildman–Crippen LogP) is 3.15. The summed E-state index contributed by atoms with van der Waals surface area (Å²) in [6.45, 7) is 2.61. The van der Waals surface area contributed by atoms with Gasteiger partial charge >= 0.3 is 6.03 Å². The highest BCUT2D eigenvalue weighted by molar-refractivity contribution is 5.89. The van der Waals surface area contributed by atoms with E-state index in [0.717, 1.165) is 12.0 Å². The van der Waals surface area contributed by atoms with E-state index in [1.54, 1.807) is 24.3 Å². The van der Waals surface area contributed by atoms with Crippen LogP contribution < -0.4 is 16.4 Å². The second kappa shape index (κ2) is 6.61.